The van der Waals surface area contributed by atoms with Gasteiger partial charge in [0.1, 0.15) is 13.2 Å². The summed E-state index contributed by atoms with van der Waals surface area (Å²) in [4.78, 5) is 23.4. The summed E-state index contributed by atoms with van der Waals surface area (Å²) >= 11 is 0. The third kappa shape index (κ3) is 63.1. The van der Waals surface area contributed by atoms with Crippen LogP contribution in [-0.2, 0) is 18.4 Å². The van der Waals surface area contributed by atoms with Gasteiger partial charge >= 0.3 is 7.82 Å². The number of quaternary nitrogens is 1. The van der Waals surface area contributed by atoms with Crippen LogP contribution in [-0.4, -0.2) is 73.4 Å². The second kappa shape index (κ2) is 60.3. The van der Waals surface area contributed by atoms with E-state index < -0.39 is 20.0 Å². The van der Waals surface area contributed by atoms with Crippen molar-refractivity contribution in [3.63, 3.8) is 0 Å². The molecule has 0 saturated heterocycles. The van der Waals surface area contributed by atoms with Gasteiger partial charge in [-0.25, -0.2) is 4.57 Å². The van der Waals surface area contributed by atoms with Crippen LogP contribution in [0.1, 0.15) is 303 Å². The van der Waals surface area contributed by atoms with Crippen molar-refractivity contribution in [3.05, 3.63) is 85.1 Å². The minimum atomic E-state index is -4.36. The van der Waals surface area contributed by atoms with E-state index in [1.807, 2.05) is 27.2 Å². The van der Waals surface area contributed by atoms with E-state index in [2.05, 4.69) is 92.1 Å². The second-order valence-corrected chi connectivity index (χ2v) is 25.3. The van der Waals surface area contributed by atoms with Gasteiger partial charge in [-0.3, -0.25) is 13.8 Å². The Morgan fingerprint density at radius 3 is 1.16 bits per heavy atom. The average Bonchev–Trinajstić information content (AvgIpc) is 3.42. The fourth-order valence-corrected chi connectivity index (χ4v) is 10.4. The van der Waals surface area contributed by atoms with Crippen molar-refractivity contribution in [2.75, 3.05) is 40.9 Å². The van der Waals surface area contributed by atoms with Gasteiger partial charge < -0.3 is 19.8 Å². The molecule has 0 fully saturated rings. The molecule has 0 aliphatic carbocycles. The van der Waals surface area contributed by atoms with E-state index >= 15 is 0 Å². The maximum Gasteiger partial charge on any atom is 0.472 e. The molecule has 3 atom stereocenters. The number of phosphoric acid groups is 1. The van der Waals surface area contributed by atoms with Gasteiger partial charge in [0, 0.05) is 6.42 Å². The van der Waals surface area contributed by atoms with Crippen LogP contribution in [0.2, 0.25) is 0 Å². The largest absolute Gasteiger partial charge is 0.472 e. The molecule has 79 heavy (non-hydrogen) atoms. The van der Waals surface area contributed by atoms with Crippen LogP contribution in [0.3, 0.4) is 0 Å². The predicted molar refractivity (Wildman–Crippen MR) is 346 cm³/mol. The number of carbonyl (C=O) groups excluding carboxylic acids is 1. The number of rotatable bonds is 61. The van der Waals surface area contributed by atoms with Crippen molar-refractivity contribution in [3.8, 4) is 0 Å². The van der Waals surface area contributed by atoms with Gasteiger partial charge in [-0.05, 0) is 77.0 Å². The summed E-state index contributed by atoms with van der Waals surface area (Å²) < 4.78 is 23.8. The summed E-state index contributed by atoms with van der Waals surface area (Å²) in [6.07, 6.45) is 85.8. The van der Waals surface area contributed by atoms with Crippen LogP contribution >= 0.6 is 7.82 Å². The fourth-order valence-electron chi connectivity index (χ4n) is 9.68. The van der Waals surface area contributed by atoms with Gasteiger partial charge in [0.05, 0.1) is 39.9 Å². The number of amides is 1. The SMILES string of the molecule is CC/C=C\C/C=C\C/C=C\C/C=C\C/C=C\CCCCCCCCCCCCCCCCCC(=O)NC(COP(=O)(O)OCC[N+](C)(C)C)C(O)/C=C/CC/C=C/CCCCCCCCCCCCCCCCCCCCCC. The number of unbranched alkanes of at least 4 members (excludes halogenated alkanes) is 36. The molecule has 0 heterocycles. The molecule has 9 heteroatoms. The zero-order valence-corrected chi connectivity index (χ0v) is 53.5. The molecule has 0 aromatic heterocycles. The number of hydrogen-bond donors (Lipinski definition) is 3. The topological polar surface area (TPSA) is 105 Å². The van der Waals surface area contributed by atoms with E-state index in [0.717, 1.165) is 70.6 Å². The van der Waals surface area contributed by atoms with Gasteiger partial charge in [0.15, 0.2) is 0 Å². The average molecular weight is 1130 g/mol. The number of nitrogens with one attached hydrogen (secondary N) is 1. The number of likely N-dealkylation sites (N-methyl/N-ethyl adjacent to an activating group) is 1. The highest BCUT2D eigenvalue weighted by Gasteiger charge is 2.28. The molecule has 0 bridgehead atoms. The molecule has 0 aromatic carbocycles. The lowest BCUT2D eigenvalue weighted by Crippen LogP contribution is -2.45. The zero-order valence-electron chi connectivity index (χ0n) is 52.6. The molecule has 0 aliphatic heterocycles. The van der Waals surface area contributed by atoms with Crippen LogP contribution < -0.4 is 5.32 Å². The van der Waals surface area contributed by atoms with Crippen molar-refractivity contribution in [2.24, 2.45) is 0 Å². The summed E-state index contributed by atoms with van der Waals surface area (Å²) in [5.41, 5.74) is 0. The molecular formula is C70H130N2O6P+. The molecule has 0 rings (SSSR count). The lowest BCUT2D eigenvalue weighted by atomic mass is 10.0. The Bertz CT molecular complexity index is 1560. The number of hydrogen-bond acceptors (Lipinski definition) is 5. The summed E-state index contributed by atoms with van der Waals surface area (Å²) in [5.74, 6) is -0.186. The Morgan fingerprint density at radius 2 is 0.772 bits per heavy atom. The van der Waals surface area contributed by atoms with Crippen molar-refractivity contribution in [1.82, 2.24) is 5.32 Å². The molecule has 3 unspecified atom stereocenters. The summed E-state index contributed by atoms with van der Waals surface area (Å²) in [6, 6.07) is -0.869. The molecule has 0 saturated carbocycles. The molecule has 460 valence electrons. The first kappa shape index (κ1) is 76.7. The monoisotopic (exact) mass is 1130 g/mol. The number of aliphatic hydroxyl groups excluding tert-OH is 1. The molecule has 8 nitrogen and oxygen atoms in total. The fraction of sp³-hybridized carbons (Fsp3) is 0.786. The highest BCUT2D eigenvalue weighted by molar-refractivity contribution is 7.47. The van der Waals surface area contributed by atoms with E-state index in [-0.39, 0.29) is 19.1 Å². The second-order valence-electron chi connectivity index (χ2n) is 23.8. The normalized spacial score (nSPS) is 14.3. The lowest BCUT2D eigenvalue weighted by Gasteiger charge is -2.25. The Balaban J connectivity index is 4.14. The predicted octanol–water partition coefficient (Wildman–Crippen LogP) is 21.2. The molecule has 3 N–H and O–H groups in total. The first-order valence-corrected chi connectivity index (χ1v) is 35.0. The third-order valence-corrected chi connectivity index (χ3v) is 15.8. The minimum absolute atomic E-state index is 0.0541. The van der Waals surface area contributed by atoms with Crippen LogP contribution in [0.4, 0.5) is 0 Å². The highest BCUT2D eigenvalue weighted by Crippen LogP contribution is 2.43. The Morgan fingerprint density at radius 1 is 0.443 bits per heavy atom. The van der Waals surface area contributed by atoms with Gasteiger partial charge in [-0.1, -0.05) is 304 Å². The molecule has 0 spiro atoms. The van der Waals surface area contributed by atoms with E-state index in [1.54, 1.807) is 6.08 Å². The van der Waals surface area contributed by atoms with Gasteiger partial charge in [0.2, 0.25) is 5.91 Å². The molecule has 0 radical (unpaired) electrons. The van der Waals surface area contributed by atoms with E-state index in [9.17, 15) is 19.4 Å². The minimum Gasteiger partial charge on any atom is -0.387 e. The highest BCUT2D eigenvalue weighted by atomic mass is 31.2. The quantitative estimate of drug-likeness (QED) is 0.0243. The lowest BCUT2D eigenvalue weighted by molar-refractivity contribution is -0.870. The van der Waals surface area contributed by atoms with Gasteiger partial charge in [0.25, 0.3) is 0 Å². The zero-order chi connectivity index (χ0) is 57.7. The Labute approximate surface area is 490 Å². The van der Waals surface area contributed by atoms with Gasteiger partial charge in [-0.15, -0.1) is 0 Å². The van der Waals surface area contributed by atoms with E-state index in [4.69, 9.17) is 9.05 Å². The molecular weight excluding hydrogens is 996 g/mol. The summed E-state index contributed by atoms with van der Waals surface area (Å²) in [6.45, 7) is 4.71. The third-order valence-electron chi connectivity index (χ3n) is 14.8. The van der Waals surface area contributed by atoms with Crippen LogP contribution in [0.5, 0.6) is 0 Å². The maximum atomic E-state index is 13.0. The van der Waals surface area contributed by atoms with Crippen LogP contribution in [0.25, 0.3) is 0 Å². The number of phosphoric ester groups is 1. The van der Waals surface area contributed by atoms with Gasteiger partial charge in [-0.2, -0.15) is 0 Å². The van der Waals surface area contributed by atoms with Crippen LogP contribution in [0, 0.1) is 0 Å². The molecule has 0 aromatic rings. The molecule has 0 aliphatic rings. The summed E-state index contributed by atoms with van der Waals surface area (Å²) in [5, 5.41) is 14.0. The maximum absolute atomic E-state index is 13.0. The smallest absolute Gasteiger partial charge is 0.387 e. The van der Waals surface area contributed by atoms with Crippen molar-refractivity contribution in [2.45, 2.75) is 315 Å². The van der Waals surface area contributed by atoms with E-state index in [0.29, 0.717) is 17.4 Å². The Hall–Kier alpha value is -2.32. The first-order valence-electron chi connectivity index (χ1n) is 33.5. The number of carbonyl (C=O) groups is 1. The Kier molecular flexibility index (Phi) is 58.5. The molecule has 1 amide bonds. The number of allylic oxidation sites excluding steroid dienone is 13. The van der Waals surface area contributed by atoms with Crippen molar-refractivity contribution < 1.29 is 32.9 Å². The number of nitrogens with zero attached hydrogens (tertiary/aromatic N) is 1. The first-order chi connectivity index (χ1) is 38.5. The standard InChI is InChI=1S/C70H129N2O6P/c1-6-8-10-12-14-16-18-20-22-24-26-28-30-32-34-35-36-37-38-40-42-44-46-48-50-52-54-56-58-60-62-64-70(74)71-68(67-78-79(75,76)77-66-65-72(3,4)5)69(73)63-61-59-57-55-53-51-49-47-45-43-41-39-33-31-29-27-25-23-21-19-17-15-13-11-9-7-2/h8,10,14,16,20,22,26,28,32,34,53,55,61,63,68-69,73H,6-7,9,11-13,15,17-19,21,23-25,27,29-31,33,35-52,54,56-60,62,64-67H2,1-5H3,(H-,71,74,75,76)/p+1/b10-8-,16-14-,22-20-,28-26-,34-32-,55-53+,63-61+. The van der Waals surface area contributed by atoms with Crippen LogP contribution in [0.15, 0.2) is 85.1 Å². The number of aliphatic hydroxyl groups is 1. The summed E-state index contributed by atoms with van der Waals surface area (Å²) in [7, 11) is 1.56. The van der Waals surface area contributed by atoms with Crippen molar-refractivity contribution >= 4 is 13.7 Å². The van der Waals surface area contributed by atoms with E-state index in [1.165, 1.54) is 212 Å². The van der Waals surface area contributed by atoms with Crippen molar-refractivity contribution in [1.29, 1.82) is 0 Å².